The van der Waals surface area contributed by atoms with Crippen LogP contribution >= 0.6 is 11.6 Å². The monoisotopic (exact) mass is 283 g/mol. The van der Waals surface area contributed by atoms with Crippen LogP contribution in [0.15, 0.2) is 24.3 Å². The molecule has 0 atom stereocenters. The molecule has 2 nitrogen and oxygen atoms in total. The summed E-state index contributed by atoms with van der Waals surface area (Å²) in [6.45, 7) is 4.87. The fourth-order valence-corrected chi connectivity index (χ4v) is 2.14. The van der Waals surface area contributed by atoms with E-state index in [1.165, 1.54) is 38.5 Å². The summed E-state index contributed by atoms with van der Waals surface area (Å²) in [6.07, 6.45) is 8.03. The molecular weight excluding hydrogens is 258 g/mol. The zero-order chi connectivity index (χ0) is 13.8. The summed E-state index contributed by atoms with van der Waals surface area (Å²) in [5, 5.41) is 4.08. The fraction of sp³-hybridized carbons (Fsp3) is 0.625. The van der Waals surface area contributed by atoms with Gasteiger partial charge in [0.05, 0.1) is 5.02 Å². The lowest BCUT2D eigenvalue weighted by atomic mass is 10.1. The van der Waals surface area contributed by atoms with Gasteiger partial charge in [0.25, 0.3) is 0 Å². The second-order valence-electron chi connectivity index (χ2n) is 4.80. The van der Waals surface area contributed by atoms with Gasteiger partial charge in [0, 0.05) is 6.54 Å². The van der Waals surface area contributed by atoms with E-state index >= 15 is 0 Å². The van der Waals surface area contributed by atoms with E-state index in [1.54, 1.807) is 0 Å². The molecule has 0 aliphatic carbocycles. The number of benzene rings is 1. The van der Waals surface area contributed by atoms with Crippen molar-refractivity contribution in [2.75, 3.05) is 19.7 Å². The molecule has 0 aromatic heterocycles. The van der Waals surface area contributed by atoms with Crippen LogP contribution in [0.5, 0.6) is 5.75 Å². The van der Waals surface area contributed by atoms with Gasteiger partial charge < -0.3 is 10.1 Å². The van der Waals surface area contributed by atoms with Crippen molar-refractivity contribution in [2.45, 2.75) is 45.4 Å². The third-order valence-corrected chi connectivity index (χ3v) is 3.39. The van der Waals surface area contributed by atoms with Crippen LogP contribution < -0.4 is 10.1 Å². The Labute approximate surface area is 122 Å². The standard InChI is InChI=1S/C16H26ClNO/c1-2-3-4-5-6-9-12-18-13-14-19-16-11-8-7-10-15(16)17/h7-8,10-11,18H,2-6,9,12-14H2,1H3. The van der Waals surface area contributed by atoms with E-state index in [0.717, 1.165) is 18.8 Å². The number of para-hydroxylation sites is 1. The van der Waals surface area contributed by atoms with Crippen molar-refractivity contribution in [3.8, 4) is 5.75 Å². The SMILES string of the molecule is CCCCCCCCNCCOc1ccccc1Cl. The first-order valence-corrected chi connectivity index (χ1v) is 7.80. The molecule has 0 unspecified atom stereocenters. The van der Waals surface area contributed by atoms with Crippen molar-refractivity contribution in [1.29, 1.82) is 0 Å². The maximum absolute atomic E-state index is 6.00. The van der Waals surface area contributed by atoms with Gasteiger partial charge in [0.1, 0.15) is 12.4 Å². The predicted molar refractivity (Wildman–Crippen MR) is 83.2 cm³/mol. The van der Waals surface area contributed by atoms with Crippen molar-refractivity contribution in [3.05, 3.63) is 29.3 Å². The highest BCUT2D eigenvalue weighted by Crippen LogP contribution is 2.22. The van der Waals surface area contributed by atoms with Crippen LogP contribution in [0, 0.1) is 0 Å². The molecule has 108 valence electrons. The van der Waals surface area contributed by atoms with Gasteiger partial charge in [-0.25, -0.2) is 0 Å². The second-order valence-corrected chi connectivity index (χ2v) is 5.20. The van der Waals surface area contributed by atoms with Crippen molar-refractivity contribution in [3.63, 3.8) is 0 Å². The molecule has 1 aromatic carbocycles. The molecule has 1 N–H and O–H groups in total. The fourth-order valence-electron chi connectivity index (χ4n) is 1.95. The third-order valence-electron chi connectivity index (χ3n) is 3.08. The van der Waals surface area contributed by atoms with Crippen LogP contribution in [0.2, 0.25) is 5.02 Å². The van der Waals surface area contributed by atoms with E-state index in [2.05, 4.69) is 12.2 Å². The quantitative estimate of drug-likeness (QED) is 0.596. The highest BCUT2D eigenvalue weighted by Gasteiger charge is 1.98. The molecule has 0 radical (unpaired) electrons. The van der Waals surface area contributed by atoms with Gasteiger partial charge in [0.2, 0.25) is 0 Å². The number of rotatable bonds is 11. The highest BCUT2D eigenvalue weighted by molar-refractivity contribution is 6.32. The van der Waals surface area contributed by atoms with Crippen LogP contribution in [-0.2, 0) is 0 Å². The van der Waals surface area contributed by atoms with Gasteiger partial charge >= 0.3 is 0 Å². The molecule has 0 aliphatic heterocycles. The Hall–Kier alpha value is -0.730. The summed E-state index contributed by atoms with van der Waals surface area (Å²) in [7, 11) is 0. The Balaban J connectivity index is 1.90. The number of halogens is 1. The summed E-state index contributed by atoms with van der Waals surface area (Å²) in [6, 6.07) is 7.59. The molecule has 0 amide bonds. The topological polar surface area (TPSA) is 21.3 Å². The molecule has 0 spiro atoms. The van der Waals surface area contributed by atoms with E-state index in [0.29, 0.717) is 11.6 Å². The van der Waals surface area contributed by atoms with Gasteiger partial charge in [-0.05, 0) is 25.1 Å². The van der Waals surface area contributed by atoms with Gasteiger partial charge in [-0.2, -0.15) is 0 Å². The number of hydrogen-bond acceptors (Lipinski definition) is 2. The average Bonchev–Trinajstić information content (AvgIpc) is 2.43. The molecule has 1 rings (SSSR count). The zero-order valence-corrected chi connectivity index (χ0v) is 12.7. The first kappa shape index (κ1) is 16.3. The van der Waals surface area contributed by atoms with Crippen LogP contribution in [-0.4, -0.2) is 19.7 Å². The van der Waals surface area contributed by atoms with Crippen LogP contribution in [0.25, 0.3) is 0 Å². The molecule has 0 aliphatic rings. The summed E-state index contributed by atoms with van der Waals surface area (Å²) >= 11 is 6.00. The minimum absolute atomic E-state index is 0.666. The minimum Gasteiger partial charge on any atom is -0.491 e. The predicted octanol–water partition coefficient (Wildman–Crippen LogP) is 4.67. The van der Waals surface area contributed by atoms with Gasteiger partial charge in [-0.3, -0.25) is 0 Å². The maximum atomic E-state index is 6.00. The number of unbranched alkanes of at least 4 members (excludes halogenated alkanes) is 5. The van der Waals surface area contributed by atoms with Gasteiger partial charge in [0.15, 0.2) is 0 Å². The lowest BCUT2D eigenvalue weighted by Gasteiger charge is -2.08. The van der Waals surface area contributed by atoms with E-state index < -0.39 is 0 Å². The molecule has 0 fully saturated rings. The van der Waals surface area contributed by atoms with E-state index in [1.807, 2.05) is 24.3 Å². The van der Waals surface area contributed by atoms with E-state index in [4.69, 9.17) is 16.3 Å². The minimum atomic E-state index is 0.666. The smallest absolute Gasteiger partial charge is 0.137 e. The number of ether oxygens (including phenoxy) is 1. The van der Waals surface area contributed by atoms with Crippen molar-refractivity contribution in [2.24, 2.45) is 0 Å². The molecule has 3 heteroatoms. The Morgan fingerprint density at radius 3 is 2.53 bits per heavy atom. The molecule has 0 heterocycles. The highest BCUT2D eigenvalue weighted by atomic mass is 35.5. The molecule has 0 bridgehead atoms. The number of hydrogen-bond donors (Lipinski definition) is 1. The largest absolute Gasteiger partial charge is 0.491 e. The van der Waals surface area contributed by atoms with Gasteiger partial charge in [-0.15, -0.1) is 0 Å². The Bertz CT molecular complexity index is 330. The van der Waals surface area contributed by atoms with E-state index in [-0.39, 0.29) is 0 Å². The third kappa shape index (κ3) is 8.12. The van der Waals surface area contributed by atoms with Crippen molar-refractivity contribution >= 4 is 11.6 Å². The summed E-state index contributed by atoms with van der Waals surface area (Å²) in [5.74, 6) is 0.769. The second kappa shape index (κ2) is 11.1. The lowest BCUT2D eigenvalue weighted by molar-refractivity contribution is 0.313. The normalized spacial score (nSPS) is 10.6. The maximum Gasteiger partial charge on any atom is 0.137 e. The first-order valence-electron chi connectivity index (χ1n) is 7.42. The lowest BCUT2D eigenvalue weighted by Crippen LogP contribution is -2.22. The molecule has 1 aromatic rings. The molecule has 0 saturated carbocycles. The summed E-state index contributed by atoms with van der Waals surface area (Å²) < 4.78 is 5.60. The summed E-state index contributed by atoms with van der Waals surface area (Å²) in [4.78, 5) is 0. The van der Waals surface area contributed by atoms with Crippen molar-refractivity contribution in [1.82, 2.24) is 5.32 Å². The number of nitrogens with one attached hydrogen (secondary N) is 1. The Kier molecular flexibility index (Phi) is 9.56. The molecule has 19 heavy (non-hydrogen) atoms. The zero-order valence-electron chi connectivity index (χ0n) is 12.0. The molecular formula is C16H26ClNO. The average molecular weight is 284 g/mol. The van der Waals surface area contributed by atoms with Crippen LogP contribution in [0.1, 0.15) is 45.4 Å². The Morgan fingerprint density at radius 2 is 1.74 bits per heavy atom. The van der Waals surface area contributed by atoms with Crippen LogP contribution in [0.4, 0.5) is 0 Å². The van der Waals surface area contributed by atoms with Crippen LogP contribution in [0.3, 0.4) is 0 Å². The van der Waals surface area contributed by atoms with Crippen molar-refractivity contribution < 1.29 is 4.74 Å². The Morgan fingerprint density at radius 1 is 1.00 bits per heavy atom. The summed E-state index contributed by atoms with van der Waals surface area (Å²) in [5.41, 5.74) is 0. The van der Waals surface area contributed by atoms with Gasteiger partial charge in [-0.1, -0.05) is 62.8 Å². The first-order chi connectivity index (χ1) is 9.34. The van der Waals surface area contributed by atoms with E-state index in [9.17, 15) is 0 Å². The molecule has 0 saturated heterocycles.